The molecule has 0 amide bonds. The maximum atomic E-state index is 6.95. The van der Waals surface area contributed by atoms with Crippen LogP contribution in [0.2, 0.25) is 0 Å². The lowest BCUT2D eigenvalue weighted by molar-refractivity contribution is 0.671. The highest BCUT2D eigenvalue weighted by Gasteiger charge is 2.23. The summed E-state index contributed by atoms with van der Waals surface area (Å²) in [5.41, 5.74) is 8.87. The summed E-state index contributed by atoms with van der Waals surface area (Å²) in [6.45, 7) is 0. The summed E-state index contributed by atoms with van der Waals surface area (Å²) in [4.78, 5) is 10.5. The number of para-hydroxylation sites is 2. The van der Waals surface area contributed by atoms with Crippen molar-refractivity contribution in [2.45, 2.75) is 0 Å². The van der Waals surface area contributed by atoms with Gasteiger partial charge in [-0.2, -0.15) is 0 Å². The number of aromatic nitrogens is 3. The molecule has 0 bridgehead atoms. The number of hydrogen-bond donors (Lipinski definition) is 0. The molecule has 0 fully saturated rings. The minimum Gasteiger partial charge on any atom is -0.454 e. The Balaban J connectivity index is 1.36. The predicted octanol–water partition coefficient (Wildman–Crippen LogP) is 11.1. The van der Waals surface area contributed by atoms with E-state index in [2.05, 4.69) is 138 Å². The minimum absolute atomic E-state index is 0.617. The van der Waals surface area contributed by atoms with E-state index in [9.17, 15) is 0 Å². The Kier molecular flexibility index (Phi) is 5.25. The van der Waals surface area contributed by atoms with Crippen molar-refractivity contribution < 1.29 is 4.42 Å². The van der Waals surface area contributed by atoms with Gasteiger partial charge in [-0.1, -0.05) is 127 Å². The highest BCUT2D eigenvalue weighted by Crippen LogP contribution is 2.44. The number of rotatable bonds is 3. The van der Waals surface area contributed by atoms with Crippen molar-refractivity contribution in [1.82, 2.24) is 14.5 Å². The summed E-state index contributed by atoms with van der Waals surface area (Å²) < 4.78 is 9.14. The monoisotopic (exact) mass is 587 g/mol. The van der Waals surface area contributed by atoms with E-state index in [0.717, 1.165) is 71.5 Å². The summed E-state index contributed by atoms with van der Waals surface area (Å²) in [5.74, 6) is 0.617. The zero-order valence-corrected chi connectivity index (χ0v) is 24.7. The molecular weight excluding hydrogens is 562 g/mol. The normalized spacial score (nSPS) is 11.9. The first-order chi connectivity index (χ1) is 22.8. The maximum absolute atomic E-state index is 6.95. The molecule has 10 aromatic rings. The van der Waals surface area contributed by atoms with Gasteiger partial charge in [0.1, 0.15) is 11.1 Å². The molecule has 3 aromatic heterocycles. The summed E-state index contributed by atoms with van der Waals surface area (Å²) in [6.07, 6.45) is 0. The highest BCUT2D eigenvalue weighted by molar-refractivity contribution is 6.27. The number of fused-ring (bicyclic) bond motifs is 10. The van der Waals surface area contributed by atoms with Crippen LogP contribution in [-0.2, 0) is 0 Å². The van der Waals surface area contributed by atoms with E-state index < -0.39 is 0 Å². The molecule has 4 nitrogen and oxygen atoms in total. The number of benzene rings is 7. The SMILES string of the molecule is c1ccc(-c2nc(-n3c4ccccc4c4ccc5c(oc6cc(-c7ccccc7)c7ccccc7c65)c43)nc3ccccc23)cc1. The van der Waals surface area contributed by atoms with Crippen LogP contribution in [-0.4, -0.2) is 14.5 Å². The molecule has 0 N–H and O–H groups in total. The third-order valence-corrected chi connectivity index (χ3v) is 9.20. The van der Waals surface area contributed by atoms with Crippen LogP contribution in [0.3, 0.4) is 0 Å². The van der Waals surface area contributed by atoms with E-state index in [1.807, 2.05) is 18.2 Å². The second kappa shape index (κ2) is 9.62. The molecule has 0 atom stereocenters. The molecule has 4 heteroatoms. The van der Waals surface area contributed by atoms with Crippen LogP contribution in [0, 0.1) is 0 Å². The molecule has 7 aromatic carbocycles. The summed E-state index contributed by atoms with van der Waals surface area (Å²) in [6, 6.07) is 52.9. The fourth-order valence-electron chi connectivity index (χ4n) is 7.19. The molecule has 0 spiro atoms. The summed E-state index contributed by atoms with van der Waals surface area (Å²) in [5, 5.41) is 7.83. The second-order valence-corrected chi connectivity index (χ2v) is 11.8. The Morgan fingerprint density at radius 2 is 1.11 bits per heavy atom. The van der Waals surface area contributed by atoms with Gasteiger partial charge in [-0.05, 0) is 46.2 Å². The largest absolute Gasteiger partial charge is 0.454 e. The Morgan fingerprint density at radius 3 is 1.91 bits per heavy atom. The van der Waals surface area contributed by atoms with E-state index in [-0.39, 0.29) is 0 Å². The third kappa shape index (κ3) is 3.55. The molecular formula is C42H25N3O. The van der Waals surface area contributed by atoms with Crippen LogP contribution in [0.15, 0.2) is 156 Å². The smallest absolute Gasteiger partial charge is 0.235 e. The van der Waals surface area contributed by atoms with Gasteiger partial charge in [0, 0.05) is 32.5 Å². The molecule has 214 valence electrons. The van der Waals surface area contributed by atoms with Crippen molar-refractivity contribution in [2.24, 2.45) is 0 Å². The predicted molar refractivity (Wildman–Crippen MR) is 190 cm³/mol. The topological polar surface area (TPSA) is 43.9 Å². The van der Waals surface area contributed by atoms with Gasteiger partial charge in [0.05, 0.1) is 16.7 Å². The maximum Gasteiger partial charge on any atom is 0.235 e. The standard InChI is InChI=1S/C42H25N3O/c1-3-13-26(14-4-1)34-25-37-38(30-19-8-7-17-28(30)34)33-24-23-31-29-18-10-12-22-36(29)45(40(31)41(33)46-37)42-43-35-21-11-9-20-32(35)39(44-42)27-15-5-2-6-16-27/h1-25H. The average Bonchev–Trinajstić information content (AvgIpc) is 3.68. The molecule has 3 heterocycles. The zero-order valence-electron chi connectivity index (χ0n) is 24.7. The molecule has 0 saturated carbocycles. The average molecular weight is 588 g/mol. The fraction of sp³-hybridized carbons (Fsp3) is 0. The first-order valence-electron chi connectivity index (χ1n) is 15.5. The number of nitrogens with zero attached hydrogens (tertiary/aromatic N) is 3. The zero-order chi connectivity index (χ0) is 30.2. The quantitative estimate of drug-likeness (QED) is 0.207. The van der Waals surface area contributed by atoms with Crippen molar-refractivity contribution in [3.63, 3.8) is 0 Å². The van der Waals surface area contributed by atoms with Gasteiger partial charge < -0.3 is 4.42 Å². The van der Waals surface area contributed by atoms with Gasteiger partial charge in [0.15, 0.2) is 5.58 Å². The Hall–Kier alpha value is -6.26. The molecule has 0 aliphatic carbocycles. The fourth-order valence-corrected chi connectivity index (χ4v) is 7.19. The summed E-state index contributed by atoms with van der Waals surface area (Å²) >= 11 is 0. The second-order valence-electron chi connectivity index (χ2n) is 11.8. The van der Waals surface area contributed by atoms with Crippen LogP contribution in [0.25, 0.3) is 93.8 Å². The Bertz CT molecular complexity index is 2790. The molecule has 0 radical (unpaired) electrons. The van der Waals surface area contributed by atoms with Crippen molar-refractivity contribution in [1.29, 1.82) is 0 Å². The van der Waals surface area contributed by atoms with Crippen LogP contribution >= 0.6 is 0 Å². The van der Waals surface area contributed by atoms with Gasteiger partial charge in [-0.3, -0.25) is 4.57 Å². The van der Waals surface area contributed by atoms with Gasteiger partial charge in [-0.15, -0.1) is 0 Å². The van der Waals surface area contributed by atoms with Gasteiger partial charge in [0.2, 0.25) is 5.95 Å². The van der Waals surface area contributed by atoms with E-state index in [1.54, 1.807) is 0 Å². The van der Waals surface area contributed by atoms with Gasteiger partial charge >= 0.3 is 0 Å². The van der Waals surface area contributed by atoms with Crippen molar-refractivity contribution in [3.05, 3.63) is 152 Å². The van der Waals surface area contributed by atoms with E-state index in [0.29, 0.717) is 5.95 Å². The van der Waals surface area contributed by atoms with Crippen LogP contribution < -0.4 is 0 Å². The van der Waals surface area contributed by atoms with Crippen LogP contribution in [0.1, 0.15) is 0 Å². The molecule has 46 heavy (non-hydrogen) atoms. The number of hydrogen-bond acceptors (Lipinski definition) is 3. The number of furan rings is 1. The first kappa shape index (κ1) is 25.1. The van der Waals surface area contributed by atoms with Crippen molar-refractivity contribution >= 4 is 65.4 Å². The van der Waals surface area contributed by atoms with E-state index in [4.69, 9.17) is 14.4 Å². The van der Waals surface area contributed by atoms with Gasteiger partial charge in [-0.25, -0.2) is 9.97 Å². The first-order valence-corrected chi connectivity index (χ1v) is 15.5. The van der Waals surface area contributed by atoms with Crippen molar-refractivity contribution in [2.75, 3.05) is 0 Å². The molecule has 0 unspecified atom stereocenters. The molecule has 10 rings (SSSR count). The van der Waals surface area contributed by atoms with Crippen molar-refractivity contribution in [3.8, 4) is 28.3 Å². The third-order valence-electron chi connectivity index (χ3n) is 9.20. The van der Waals surface area contributed by atoms with Gasteiger partial charge in [0.25, 0.3) is 0 Å². The van der Waals surface area contributed by atoms with Crippen LogP contribution in [0.5, 0.6) is 0 Å². The van der Waals surface area contributed by atoms with E-state index in [1.165, 1.54) is 16.3 Å². The summed E-state index contributed by atoms with van der Waals surface area (Å²) in [7, 11) is 0. The minimum atomic E-state index is 0.617. The lowest BCUT2D eigenvalue weighted by Crippen LogP contribution is -2.03. The lowest BCUT2D eigenvalue weighted by Gasteiger charge is -2.11. The lowest BCUT2D eigenvalue weighted by atomic mass is 9.95. The molecule has 0 saturated heterocycles. The molecule has 0 aliphatic rings. The Morgan fingerprint density at radius 1 is 0.478 bits per heavy atom. The van der Waals surface area contributed by atoms with Crippen LogP contribution in [0.4, 0.5) is 0 Å². The highest BCUT2D eigenvalue weighted by atomic mass is 16.3. The Labute approximate surface area is 263 Å². The molecule has 0 aliphatic heterocycles. The van der Waals surface area contributed by atoms with E-state index >= 15 is 0 Å².